The fourth-order valence-corrected chi connectivity index (χ4v) is 3.78. The van der Waals surface area contributed by atoms with Crippen LogP contribution >= 0.6 is 0 Å². The molecule has 6 heteroatoms. The Hall–Kier alpha value is -2.31. The Bertz CT molecular complexity index is 753. The maximum Gasteiger partial charge on any atom is 0.241 e. The van der Waals surface area contributed by atoms with Gasteiger partial charge in [-0.15, -0.1) is 0 Å². The summed E-state index contributed by atoms with van der Waals surface area (Å²) in [5, 5.41) is 9.65. The number of aliphatic hydroxyl groups is 1. The molecule has 1 aromatic carbocycles. The van der Waals surface area contributed by atoms with E-state index < -0.39 is 23.5 Å². The van der Waals surface area contributed by atoms with Crippen LogP contribution in [0.25, 0.3) is 0 Å². The Labute approximate surface area is 132 Å². The van der Waals surface area contributed by atoms with E-state index in [1.54, 1.807) is 36.4 Å². The van der Waals surface area contributed by atoms with E-state index in [0.717, 1.165) is 4.90 Å². The fourth-order valence-electron chi connectivity index (χ4n) is 3.78. The van der Waals surface area contributed by atoms with Gasteiger partial charge in [0, 0.05) is 5.56 Å². The topological polar surface area (TPSA) is 83.9 Å². The number of ether oxygens (including phenoxy) is 1. The summed E-state index contributed by atoms with van der Waals surface area (Å²) in [5.74, 6) is -2.05. The van der Waals surface area contributed by atoms with Gasteiger partial charge < -0.3 is 9.84 Å². The molecule has 3 heterocycles. The van der Waals surface area contributed by atoms with Crippen LogP contribution in [0.1, 0.15) is 17.3 Å². The van der Waals surface area contributed by atoms with E-state index in [4.69, 9.17) is 4.74 Å². The van der Waals surface area contributed by atoms with Crippen molar-refractivity contribution >= 4 is 23.3 Å². The van der Waals surface area contributed by atoms with Gasteiger partial charge in [-0.05, 0) is 31.2 Å². The first-order chi connectivity index (χ1) is 11.0. The monoisotopic (exact) mass is 313 g/mol. The van der Waals surface area contributed by atoms with Crippen LogP contribution in [0.4, 0.5) is 5.69 Å². The Kier molecular flexibility index (Phi) is 2.86. The van der Waals surface area contributed by atoms with Crippen LogP contribution in [0.5, 0.6) is 0 Å². The van der Waals surface area contributed by atoms with Crippen LogP contribution in [0, 0.1) is 11.8 Å². The predicted octanol–water partition coefficient (Wildman–Crippen LogP) is 0.694. The summed E-state index contributed by atoms with van der Waals surface area (Å²) in [5.41, 5.74) is -0.132. The van der Waals surface area contributed by atoms with Gasteiger partial charge in [0.2, 0.25) is 11.8 Å². The summed E-state index contributed by atoms with van der Waals surface area (Å²) in [6, 6.07) is 6.37. The number of imide groups is 1. The molecule has 3 aliphatic heterocycles. The third-order valence-corrected chi connectivity index (χ3v) is 4.93. The highest BCUT2D eigenvalue weighted by Crippen LogP contribution is 2.52. The summed E-state index contributed by atoms with van der Waals surface area (Å²) >= 11 is 0. The van der Waals surface area contributed by atoms with Crippen LogP contribution in [-0.4, -0.2) is 41.0 Å². The molecular weight excluding hydrogens is 298 g/mol. The van der Waals surface area contributed by atoms with Crippen LogP contribution in [0.2, 0.25) is 0 Å². The van der Waals surface area contributed by atoms with Crippen molar-refractivity contribution in [2.75, 3.05) is 11.5 Å². The Morgan fingerprint density at radius 1 is 1.26 bits per heavy atom. The van der Waals surface area contributed by atoms with Gasteiger partial charge in [0.05, 0.1) is 30.2 Å². The molecule has 2 bridgehead atoms. The molecule has 0 aliphatic carbocycles. The average Bonchev–Trinajstić information content (AvgIpc) is 3.19. The van der Waals surface area contributed by atoms with E-state index in [9.17, 15) is 19.5 Å². The number of benzene rings is 1. The molecule has 2 saturated heterocycles. The number of rotatable bonds is 3. The molecule has 3 aliphatic rings. The van der Waals surface area contributed by atoms with Gasteiger partial charge in [-0.2, -0.15) is 0 Å². The van der Waals surface area contributed by atoms with Gasteiger partial charge in [0.15, 0.2) is 5.78 Å². The van der Waals surface area contributed by atoms with E-state index in [0.29, 0.717) is 11.3 Å². The number of carbonyl (C=O) groups excluding carboxylic acids is 3. The lowest BCUT2D eigenvalue weighted by Crippen LogP contribution is -2.43. The molecule has 23 heavy (non-hydrogen) atoms. The third-order valence-electron chi connectivity index (χ3n) is 4.93. The van der Waals surface area contributed by atoms with Gasteiger partial charge >= 0.3 is 0 Å². The van der Waals surface area contributed by atoms with Gasteiger partial charge in [-0.1, -0.05) is 12.2 Å². The number of hydrogen-bond donors (Lipinski definition) is 1. The van der Waals surface area contributed by atoms with Crippen LogP contribution in [0.3, 0.4) is 0 Å². The number of nitrogens with zero attached hydrogens (tertiary/aromatic N) is 1. The summed E-state index contributed by atoms with van der Waals surface area (Å²) in [6.07, 6.45) is 2.96. The maximum atomic E-state index is 12.8. The number of carbonyl (C=O) groups is 3. The standard InChI is InChI=1S/C17H15NO5/c1-9(20)10-2-4-11(5-3-10)18-15(21)13-12-6-7-17(8-19,23-12)14(13)16(18)22/h2-7,12-14,19H,8H2,1H3/t12-,13+,14-,17+/m1/s1. The Balaban J connectivity index is 1.72. The molecule has 1 N–H and O–H groups in total. The Morgan fingerprint density at radius 2 is 1.96 bits per heavy atom. The lowest BCUT2D eigenvalue weighted by atomic mass is 9.77. The number of anilines is 1. The smallest absolute Gasteiger partial charge is 0.241 e. The zero-order valence-electron chi connectivity index (χ0n) is 12.4. The molecule has 0 unspecified atom stereocenters. The summed E-state index contributed by atoms with van der Waals surface area (Å²) in [7, 11) is 0. The highest BCUT2D eigenvalue weighted by Gasteiger charge is 2.67. The van der Waals surface area contributed by atoms with Gasteiger partial charge in [-0.3, -0.25) is 14.4 Å². The molecule has 1 aromatic rings. The first-order valence-electron chi connectivity index (χ1n) is 7.45. The number of hydrogen-bond acceptors (Lipinski definition) is 5. The van der Waals surface area contributed by atoms with Crippen molar-refractivity contribution < 1.29 is 24.2 Å². The van der Waals surface area contributed by atoms with Crippen LogP contribution < -0.4 is 4.90 Å². The van der Waals surface area contributed by atoms with Crippen molar-refractivity contribution in [3.8, 4) is 0 Å². The average molecular weight is 313 g/mol. The molecule has 0 saturated carbocycles. The first-order valence-corrected chi connectivity index (χ1v) is 7.45. The SMILES string of the molecule is CC(=O)c1ccc(N2C(=O)[C@H]3[C@H]4C=C[C@@](CO)(O4)[C@H]3C2=O)cc1. The molecule has 4 rings (SSSR count). The minimum atomic E-state index is -1.09. The highest BCUT2D eigenvalue weighted by molar-refractivity contribution is 6.23. The van der Waals surface area contributed by atoms with E-state index >= 15 is 0 Å². The van der Waals surface area contributed by atoms with Gasteiger partial charge in [0.1, 0.15) is 5.60 Å². The van der Waals surface area contributed by atoms with E-state index in [2.05, 4.69) is 0 Å². The second-order valence-electron chi connectivity index (χ2n) is 6.17. The minimum absolute atomic E-state index is 0.0811. The second kappa shape index (κ2) is 4.59. The summed E-state index contributed by atoms with van der Waals surface area (Å²) in [4.78, 5) is 38.0. The van der Waals surface area contributed by atoms with E-state index in [1.807, 2.05) is 0 Å². The predicted molar refractivity (Wildman–Crippen MR) is 79.7 cm³/mol. The molecule has 2 amide bonds. The number of Topliss-reactive ketones (excluding diaryl/α,β-unsaturated/α-hetero) is 1. The van der Waals surface area contributed by atoms with Crippen molar-refractivity contribution in [2.24, 2.45) is 11.8 Å². The van der Waals surface area contributed by atoms with Crippen molar-refractivity contribution in [1.82, 2.24) is 0 Å². The lowest BCUT2D eigenvalue weighted by molar-refractivity contribution is -0.128. The molecule has 6 nitrogen and oxygen atoms in total. The molecule has 2 fully saturated rings. The molecular formula is C17H15NO5. The van der Waals surface area contributed by atoms with Crippen molar-refractivity contribution in [1.29, 1.82) is 0 Å². The number of ketones is 1. The van der Waals surface area contributed by atoms with Gasteiger partial charge in [-0.25, -0.2) is 4.90 Å². The third kappa shape index (κ3) is 1.73. The minimum Gasteiger partial charge on any atom is -0.393 e. The maximum absolute atomic E-state index is 12.8. The Morgan fingerprint density at radius 3 is 2.57 bits per heavy atom. The van der Waals surface area contributed by atoms with E-state index in [-0.39, 0.29) is 24.2 Å². The van der Waals surface area contributed by atoms with Crippen LogP contribution in [0.15, 0.2) is 36.4 Å². The van der Waals surface area contributed by atoms with Crippen molar-refractivity contribution in [3.63, 3.8) is 0 Å². The van der Waals surface area contributed by atoms with E-state index in [1.165, 1.54) is 6.92 Å². The molecule has 0 spiro atoms. The number of aliphatic hydroxyl groups excluding tert-OH is 1. The normalized spacial score (nSPS) is 34.3. The number of amides is 2. The first kappa shape index (κ1) is 14.3. The lowest BCUT2D eigenvalue weighted by Gasteiger charge is -2.26. The van der Waals surface area contributed by atoms with Crippen molar-refractivity contribution in [2.45, 2.75) is 18.6 Å². The quantitative estimate of drug-likeness (QED) is 0.504. The molecule has 0 aromatic heterocycles. The second-order valence-corrected chi connectivity index (χ2v) is 6.17. The zero-order chi connectivity index (χ0) is 16.4. The summed E-state index contributed by atoms with van der Waals surface area (Å²) in [6.45, 7) is 1.12. The van der Waals surface area contributed by atoms with Crippen molar-refractivity contribution in [3.05, 3.63) is 42.0 Å². The summed E-state index contributed by atoms with van der Waals surface area (Å²) < 4.78 is 5.68. The molecule has 0 radical (unpaired) electrons. The van der Waals surface area contributed by atoms with Gasteiger partial charge in [0.25, 0.3) is 0 Å². The largest absolute Gasteiger partial charge is 0.393 e. The fraction of sp³-hybridized carbons (Fsp3) is 0.353. The zero-order valence-corrected chi connectivity index (χ0v) is 12.4. The number of fused-ring (bicyclic) bond motifs is 5. The molecule has 118 valence electrons. The highest BCUT2D eigenvalue weighted by atomic mass is 16.5. The van der Waals surface area contributed by atoms with Crippen LogP contribution in [-0.2, 0) is 14.3 Å². The molecule has 4 atom stereocenters.